The Morgan fingerprint density at radius 3 is 2.45 bits per heavy atom. The zero-order chi connectivity index (χ0) is 24.2. The van der Waals surface area contributed by atoms with Crippen LogP contribution in [-0.4, -0.2) is 37.7 Å². The molecule has 0 saturated carbocycles. The number of amides is 1. The molecule has 0 aromatic heterocycles. The van der Waals surface area contributed by atoms with Gasteiger partial charge in [0.05, 0.1) is 12.0 Å². The van der Waals surface area contributed by atoms with Crippen LogP contribution in [-0.2, 0) is 16.6 Å². The van der Waals surface area contributed by atoms with Gasteiger partial charge in [0.25, 0.3) is 5.91 Å². The second-order valence-electron chi connectivity index (χ2n) is 6.99. The minimum Gasteiger partial charge on any atom is -0.495 e. The number of anilines is 1. The van der Waals surface area contributed by atoms with Gasteiger partial charge in [0.2, 0.25) is 15.8 Å². The van der Waals surface area contributed by atoms with E-state index < -0.39 is 32.4 Å². The molecule has 0 bridgehead atoms. The van der Waals surface area contributed by atoms with Crippen molar-refractivity contribution >= 4 is 27.3 Å². The summed E-state index contributed by atoms with van der Waals surface area (Å²) in [6.07, 6.45) is 0. The predicted molar refractivity (Wildman–Crippen MR) is 119 cm³/mol. The Hall–Kier alpha value is -3.83. The maximum atomic E-state index is 13.5. The molecule has 1 N–H and O–H groups in total. The molecule has 0 heterocycles. The highest BCUT2D eigenvalue weighted by Crippen LogP contribution is 2.29. The molecule has 0 saturated heterocycles. The Bertz CT molecular complexity index is 1300. The molecule has 3 aromatic carbocycles. The van der Waals surface area contributed by atoms with Gasteiger partial charge in [-0.3, -0.25) is 14.9 Å². The molecule has 9 nitrogen and oxygen atoms in total. The lowest BCUT2D eigenvalue weighted by molar-refractivity contribution is -0.387. The van der Waals surface area contributed by atoms with Gasteiger partial charge in [0.1, 0.15) is 10.6 Å². The second kappa shape index (κ2) is 9.76. The summed E-state index contributed by atoms with van der Waals surface area (Å²) >= 11 is 0. The number of carbonyl (C=O) groups is 1. The number of carbonyl (C=O) groups excluding carboxylic acids is 1. The number of nitrogens with zero attached hydrogens (tertiary/aromatic N) is 2. The maximum Gasteiger partial charge on any atom is 0.306 e. The van der Waals surface area contributed by atoms with Gasteiger partial charge in [-0.05, 0) is 35.9 Å². The van der Waals surface area contributed by atoms with Crippen LogP contribution in [0.4, 0.5) is 15.8 Å². The minimum atomic E-state index is -4.04. The first-order valence-electron chi connectivity index (χ1n) is 9.57. The van der Waals surface area contributed by atoms with Gasteiger partial charge in [-0.15, -0.1) is 0 Å². The van der Waals surface area contributed by atoms with Crippen LogP contribution < -0.4 is 10.1 Å². The minimum absolute atomic E-state index is 0.0190. The van der Waals surface area contributed by atoms with Crippen LogP contribution in [0.3, 0.4) is 0 Å². The predicted octanol–water partition coefficient (Wildman–Crippen LogP) is 3.82. The van der Waals surface area contributed by atoms with Crippen molar-refractivity contribution in [1.29, 1.82) is 0 Å². The molecule has 0 atom stereocenters. The lowest BCUT2D eigenvalue weighted by atomic mass is 10.2. The van der Waals surface area contributed by atoms with Crippen molar-refractivity contribution < 1.29 is 27.3 Å². The molecule has 1 amide bonds. The summed E-state index contributed by atoms with van der Waals surface area (Å²) in [4.78, 5) is 22.5. The average molecular weight is 473 g/mol. The lowest BCUT2D eigenvalue weighted by Gasteiger charge is -2.19. The molecule has 0 fully saturated rings. The van der Waals surface area contributed by atoms with E-state index in [1.165, 1.54) is 26.3 Å². The molecule has 0 spiro atoms. The summed E-state index contributed by atoms with van der Waals surface area (Å²) in [6, 6.07) is 15.7. The molecule has 172 valence electrons. The van der Waals surface area contributed by atoms with Crippen molar-refractivity contribution in [2.45, 2.75) is 11.4 Å². The van der Waals surface area contributed by atoms with Gasteiger partial charge in [-0.2, -0.15) is 8.70 Å². The fourth-order valence-corrected chi connectivity index (χ4v) is 4.38. The zero-order valence-electron chi connectivity index (χ0n) is 17.7. The van der Waals surface area contributed by atoms with Crippen molar-refractivity contribution in [2.24, 2.45) is 0 Å². The summed E-state index contributed by atoms with van der Waals surface area (Å²) in [5, 5.41) is 13.3. The molecule has 3 aromatic rings. The third-order valence-electron chi connectivity index (χ3n) is 4.76. The van der Waals surface area contributed by atoms with Crippen molar-refractivity contribution in [3.05, 3.63) is 93.8 Å². The normalized spacial score (nSPS) is 11.3. The SMILES string of the molecule is COc1ccc(C(=O)Nc2ccc(F)c([N+](=O)[O-])c2)cc1S(=O)(=O)N(C)Cc1ccccc1. The first kappa shape index (κ1) is 23.8. The summed E-state index contributed by atoms with van der Waals surface area (Å²) in [6.45, 7) is 0.0992. The summed E-state index contributed by atoms with van der Waals surface area (Å²) in [5.41, 5.74) is -0.0772. The smallest absolute Gasteiger partial charge is 0.306 e. The molecular formula is C22H20FN3O6S. The van der Waals surface area contributed by atoms with E-state index in [2.05, 4.69) is 5.32 Å². The molecule has 0 aliphatic carbocycles. The fraction of sp³-hybridized carbons (Fsp3) is 0.136. The van der Waals surface area contributed by atoms with Gasteiger partial charge in [-0.1, -0.05) is 30.3 Å². The molecule has 0 radical (unpaired) electrons. The number of halogens is 1. The Labute approximate surface area is 189 Å². The number of sulfonamides is 1. The summed E-state index contributed by atoms with van der Waals surface area (Å²) in [7, 11) is -1.33. The highest BCUT2D eigenvalue weighted by atomic mass is 32.2. The number of nitro groups is 1. The van der Waals surface area contributed by atoms with E-state index in [4.69, 9.17) is 4.74 Å². The van der Waals surface area contributed by atoms with Gasteiger partial charge in [-0.25, -0.2) is 8.42 Å². The van der Waals surface area contributed by atoms with Gasteiger partial charge in [0, 0.05) is 30.9 Å². The summed E-state index contributed by atoms with van der Waals surface area (Å²) < 4.78 is 46.3. The zero-order valence-corrected chi connectivity index (χ0v) is 18.5. The van der Waals surface area contributed by atoms with E-state index in [1.54, 1.807) is 24.3 Å². The standard InChI is InChI=1S/C22H20FN3O6S/c1-25(14-15-6-4-3-5-7-15)33(30,31)21-12-16(8-11-20(21)32-2)22(27)24-17-9-10-18(23)19(13-17)26(28)29/h3-13H,14H2,1-2H3,(H,24,27). The van der Waals surface area contributed by atoms with Crippen molar-refractivity contribution in [1.82, 2.24) is 4.31 Å². The van der Waals surface area contributed by atoms with Crippen molar-refractivity contribution in [2.75, 3.05) is 19.5 Å². The first-order valence-corrected chi connectivity index (χ1v) is 11.0. The van der Waals surface area contributed by atoms with Crippen molar-refractivity contribution in [3.63, 3.8) is 0 Å². The Morgan fingerprint density at radius 2 is 1.82 bits per heavy atom. The van der Waals surface area contributed by atoms with E-state index in [9.17, 15) is 27.7 Å². The monoisotopic (exact) mass is 473 g/mol. The Kier molecular flexibility index (Phi) is 7.04. The molecule has 0 aliphatic rings. The topological polar surface area (TPSA) is 119 Å². The number of ether oxygens (including phenoxy) is 1. The number of nitrogens with one attached hydrogen (secondary N) is 1. The van der Waals surface area contributed by atoms with E-state index in [1.807, 2.05) is 6.07 Å². The van der Waals surface area contributed by atoms with E-state index in [0.29, 0.717) is 0 Å². The van der Waals surface area contributed by atoms with E-state index in [-0.39, 0.29) is 28.4 Å². The van der Waals surface area contributed by atoms with Gasteiger partial charge in [0.15, 0.2) is 0 Å². The average Bonchev–Trinajstić information content (AvgIpc) is 2.80. The highest BCUT2D eigenvalue weighted by Gasteiger charge is 2.26. The van der Waals surface area contributed by atoms with Crippen molar-refractivity contribution in [3.8, 4) is 5.75 Å². The van der Waals surface area contributed by atoms with Crippen LogP contribution in [0.2, 0.25) is 0 Å². The van der Waals surface area contributed by atoms with E-state index >= 15 is 0 Å². The van der Waals surface area contributed by atoms with Crippen LogP contribution in [0.15, 0.2) is 71.6 Å². The molecule has 3 rings (SSSR count). The molecule has 0 aliphatic heterocycles. The maximum absolute atomic E-state index is 13.5. The molecule has 11 heteroatoms. The number of methoxy groups -OCH3 is 1. The highest BCUT2D eigenvalue weighted by molar-refractivity contribution is 7.89. The van der Waals surface area contributed by atoms with Crippen LogP contribution >= 0.6 is 0 Å². The fourth-order valence-electron chi connectivity index (χ4n) is 3.05. The lowest BCUT2D eigenvalue weighted by Crippen LogP contribution is -2.27. The largest absolute Gasteiger partial charge is 0.495 e. The molecule has 33 heavy (non-hydrogen) atoms. The Balaban J connectivity index is 1.91. The second-order valence-corrected chi connectivity index (χ2v) is 9.00. The van der Waals surface area contributed by atoms with Crippen LogP contribution in [0, 0.1) is 15.9 Å². The van der Waals surface area contributed by atoms with E-state index in [0.717, 1.165) is 34.1 Å². The third-order valence-corrected chi connectivity index (χ3v) is 6.59. The first-order chi connectivity index (χ1) is 15.6. The summed E-state index contributed by atoms with van der Waals surface area (Å²) in [5.74, 6) is -1.73. The quantitative estimate of drug-likeness (QED) is 0.392. The number of rotatable bonds is 8. The van der Waals surface area contributed by atoms with Gasteiger partial charge >= 0.3 is 5.69 Å². The van der Waals surface area contributed by atoms with Crippen LogP contribution in [0.1, 0.15) is 15.9 Å². The Morgan fingerprint density at radius 1 is 1.12 bits per heavy atom. The van der Waals surface area contributed by atoms with Crippen LogP contribution in [0.25, 0.3) is 0 Å². The third kappa shape index (κ3) is 5.33. The van der Waals surface area contributed by atoms with Crippen LogP contribution in [0.5, 0.6) is 5.75 Å². The molecule has 0 unspecified atom stereocenters. The number of benzene rings is 3. The molecular weight excluding hydrogens is 453 g/mol. The number of hydrogen-bond donors (Lipinski definition) is 1. The number of hydrogen-bond acceptors (Lipinski definition) is 6. The number of nitro benzene ring substituents is 1. The van der Waals surface area contributed by atoms with Gasteiger partial charge < -0.3 is 10.1 Å².